The van der Waals surface area contributed by atoms with Gasteiger partial charge in [-0.1, -0.05) is 30.3 Å². The highest BCUT2D eigenvalue weighted by atomic mass is 32.1. The average molecular weight is 363 g/mol. The van der Waals surface area contributed by atoms with Gasteiger partial charge in [-0.05, 0) is 24.2 Å². The van der Waals surface area contributed by atoms with Crippen LogP contribution in [0.4, 0.5) is 0 Å². The lowest BCUT2D eigenvalue weighted by Gasteiger charge is -2.36. The average Bonchev–Trinajstić information content (AvgIpc) is 2.62. The fraction of sp³-hybridized carbons (Fsp3) is 0.412. The summed E-state index contributed by atoms with van der Waals surface area (Å²) in [6, 6.07) is 8.88. The van der Waals surface area contributed by atoms with Gasteiger partial charge in [0.25, 0.3) is 0 Å². The van der Waals surface area contributed by atoms with E-state index in [-0.39, 0.29) is 29.8 Å². The van der Waals surface area contributed by atoms with Gasteiger partial charge in [-0.15, -0.1) is 0 Å². The van der Waals surface area contributed by atoms with Crippen LogP contribution in [0.5, 0.6) is 0 Å². The number of amides is 2. The lowest BCUT2D eigenvalue weighted by Crippen LogP contribution is -2.60. The van der Waals surface area contributed by atoms with Crippen LogP contribution in [0.25, 0.3) is 0 Å². The zero-order chi connectivity index (χ0) is 18.2. The number of hydrogen-bond donors (Lipinski definition) is 2. The first-order chi connectivity index (χ1) is 12.0. The van der Waals surface area contributed by atoms with Gasteiger partial charge in [-0.3, -0.25) is 14.4 Å². The van der Waals surface area contributed by atoms with E-state index in [1.165, 1.54) is 7.11 Å². The first-order valence-electron chi connectivity index (χ1n) is 8.00. The van der Waals surface area contributed by atoms with Gasteiger partial charge in [-0.25, -0.2) is 0 Å². The molecule has 1 saturated heterocycles. The van der Waals surface area contributed by atoms with E-state index in [0.717, 1.165) is 5.56 Å². The largest absolute Gasteiger partial charge is 0.469 e. The Kier molecular flexibility index (Phi) is 6.88. The van der Waals surface area contributed by atoms with Gasteiger partial charge < -0.3 is 20.3 Å². The zero-order valence-corrected chi connectivity index (χ0v) is 14.8. The van der Waals surface area contributed by atoms with Gasteiger partial charge in [0.2, 0.25) is 11.8 Å². The maximum absolute atomic E-state index is 12.1. The lowest BCUT2D eigenvalue weighted by atomic mass is 10.1. The number of ether oxygens (including phenoxy) is 1. The molecule has 1 fully saturated rings. The van der Waals surface area contributed by atoms with Crippen LogP contribution in [-0.2, 0) is 25.5 Å². The van der Waals surface area contributed by atoms with Gasteiger partial charge in [0.05, 0.1) is 13.5 Å². The van der Waals surface area contributed by atoms with Crippen molar-refractivity contribution >= 4 is 35.1 Å². The number of thiocarbonyl (C=S) groups is 1. The molecule has 0 radical (unpaired) electrons. The molecule has 1 aliphatic rings. The molecular formula is C17H21N3O4S. The molecule has 0 saturated carbocycles. The molecule has 134 valence electrons. The predicted molar refractivity (Wildman–Crippen MR) is 95.6 cm³/mol. The Labute approximate surface area is 151 Å². The molecule has 1 aromatic rings. The summed E-state index contributed by atoms with van der Waals surface area (Å²) in [5.41, 5.74) is 1.06. The molecule has 0 spiro atoms. The fourth-order valence-electron chi connectivity index (χ4n) is 2.56. The van der Waals surface area contributed by atoms with Crippen molar-refractivity contribution in [2.75, 3.05) is 20.2 Å². The van der Waals surface area contributed by atoms with Crippen LogP contribution in [0.1, 0.15) is 18.4 Å². The predicted octanol–water partition coefficient (Wildman–Crippen LogP) is 0.384. The maximum Gasteiger partial charge on any atom is 0.308 e. The van der Waals surface area contributed by atoms with Crippen LogP contribution in [0.15, 0.2) is 30.3 Å². The number of piperazine rings is 1. The van der Waals surface area contributed by atoms with Crippen LogP contribution < -0.4 is 10.6 Å². The summed E-state index contributed by atoms with van der Waals surface area (Å²) < 4.78 is 4.62. The number of nitrogens with zero attached hydrogens (tertiary/aromatic N) is 1. The van der Waals surface area contributed by atoms with Crippen molar-refractivity contribution in [3.63, 3.8) is 0 Å². The van der Waals surface area contributed by atoms with E-state index >= 15 is 0 Å². The third kappa shape index (κ3) is 5.53. The van der Waals surface area contributed by atoms with Gasteiger partial charge in [0, 0.05) is 19.5 Å². The molecule has 25 heavy (non-hydrogen) atoms. The maximum atomic E-state index is 12.1. The van der Waals surface area contributed by atoms with Crippen molar-refractivity contribution in [1.82, 2.24) is 15.5 Å². The number of aryl methyl sites for hydroxylation is 1. The summed E-state index contributed by atoms with van der Waals surface area (Å²) in [5.74, 6) is -1.04. The van der Waals surface area contributed by atoms with Crippen LogP contribution in [0.2, 0.25) is 0 Å². The number of benzene rings is 1. The monoisotopic (exact) mass is 363 g/mol. The molecule has 0 bridgehead atoms. The molecule has 1 aliphatic heterocycles. The molecule has 2 amide bonds. The van der Waals surface area contributed by atoms with Crippen LogP contribution in [-0.4, -0.2) is 54.0 Å². The molecule has 2 N–H and O–H groups in total. The van der Waals surface area contributed by atoms with Gasteiger partial charge in [0.15, 0.2) is 5.11 Å². The van der Waals surface area contributed by atoms with E-state index in [1.54, 1.807) is 4.90 Å². The van der Waals surface area contributed by atoms with Crippen LogP contribution >= 0.6 is 12.2 Å². The number of nitrogens with one attached hydrogen (secondary N) is 2. The summed E-state index contributed by atoms with van der Waals surface area (Å²) in [6.45, 7) is 0.821. The Hall–Kier alpha value is -2.48. The highest BCUT2D eigenvalue weighted by Crippen LogP contribution is 2.11. The lowest BCUT2D eigenvalue weighted by molar-refractivity contribution is -0.144. The molecule has 0 unspecified atom stereocenters. The van der Waals surface area contributed by atoms with Crippen molar-refractivity contribution in [3.05, 3.63) is 35.9 Å². The Morgan fingerprint density at radius 1 is 1.36 bits per heavy atom. The molecular weight excluding hydrogens is 342 g/mol. The fourth-order valence-corrected chi connectivity index (χ4v) is 2.89. The molecule has 2 rings (SSSR count). The molecule has 1 aromatic carbocycles. The third-order valence-corrected chi connectivity index (χ3v) is 4.25. The second-order valence-corrected chi connectivity index (χ2v) is 6.01. The number of carbonyl (C=O) groups excluding carboxylic acids is 3. The first-order valence-corrected chi connectivity index (χ1v) is 8.41. The normalized spacial score (nSPS) is 16.8. The highest BCUT2D eigenvalue weighted by Gasteiger charge is 2.33. The molecule has 0 aliphatic carbocycles. The quantitative estimate of drug-likeness (QED) is 0.581. The van der Waals surface area contributed by atoms with Gasteiger partial charge in [0.1, 0.15) is 6.04 Å². The zero-order valence-electron chi connectivity index (χ0n) is 14.0. The van der Waals surface area contributed by atoms with Crippen molar-refractivity contribution in [3.8, 4) is 0 Å². The van der Waals surface area contributed by atoms with Crippen LogP contribution in [0, 0.1) is 0 Å². The minimum Gasteiger partial charge on any atom is -0.469 e. The summed E-state index contributed by atoms with van der Waals surface area (Å²) in [7, 11) is 1.26. The second kappa shape index (κ2) is 9.12. The number of methoxy groups -OCH3 is 1. The van der Waals surface area contributed by atoms with Gasteiger partial charge in [-0.2, -0.15) is 0 Å². The summed E-state index contributed by atoms with van der Waals surface area (Å²) in [4.78, 5) is 37.2. The van der Waals surface area contributed by atoms with Crippen LogP contribution in [0.3, 0.4) is 0 Å². The Morgan fingerprint density at radius 2 is 2.08 bits per heavy atom. The molecule has 0 aromatic heterocycles. The standard InChI is InChI=1S/C17H21N3O4S/c1-24-15(22)11-13-16(23)18-9-10-20(13)17(25)19-14(21)8-7-12-5-3-2-4-6-12/h2-6,13H,7-11H2,1H3,(H,18,23)(H,19,21,25)/t13-/m1/s1. The minimum atomic E-state index is -0.775. The number of esters is 1. The van der Waals surface area contributed by atoms with Crippen molar-refractivity contribution in [2.45, 2.75) is 25.3 Å². The highest BCUT2D eigenvalue weighted by molar-refractivity contribution is 7.80. The van der Waals surface area contributed by atoms with E-state index in [0.29, 0.717) is 19.5 Å². The Balaban J connectivity index is 1.91. The van der Waals surface area contributed by atoms with Crippen molar-refractivity contribution in [1.29, 1.82) is 0 Å². The molecule has 7 nitrogen and oxygen atoms in total. The van der Waals surface area contributed by atoms with E-state index < -0.39 is 12.0 Å². The first kappa shape index (κ1) is 18.9. The summed E-state index contributed by atoms with van der Waals surface area (Å²) in [6.07, 6.45) is 0.760. The Bertz CT molecular complexity index is 651. The van der Waals surface area contributed by atoms with Gasteiger partial charge >= 0.3 is 5.97 Å². The molecule has 8 heteroatoms. The molecule has 1 heterocycles. The topological polar surface area (TPSA) is 87.7 Å². The van der Waals surface area contributed by atoms with E-state index in [9.17, 15) is 14.4 Å². The minimum absolute atomic E-state index is 0.123. The Morgan fingerprint density at radius 3 is 2.76 bits per heavy atom. The molecule has 1 atom stereocenters. The number of rotatable bonds is 5. The summed E-state index contributed by atoms with van der Waals surface area (Å²) >= 11 is 5.26. The van der Waals surface area contributed by atoms with E-state index in [4.69, 9.17) is 12.2 Å². The van der Waals surface area contributed by atoms with E-state index in [2.05, 4.69) is 15.4 Å². The third-order valence-electron chi connectivity index (χ3n) is 3.91. The number of hydrogen-bond acceptors (Lipinski definition) is 5. The van der Waals surface area contributed by atoms with E-state index in [1.807, 2.05) is 30.3 Å². The van der Waals surface area contributed by atoms with Crippen molar-refractivity contribution in [2.24, 2.45) is 0 Å². The SMILES string of the molecule is COC(=O)C[C@@H]1C(=O)NCCN1C(=S)NC(=O)CCc1ccccc1. The summed E-state index contributed by atoms with van der Waals surface area (Å²) in [5, 5.41) is 5.49. The number of carbonyl (C=O) groups is 3. The second-order valence-electron chi connectivity index (χ2n) is 5.62. The smallest absolute Gasteiger partial charge is 0.308 e. The van der Waals surface area contributed by atoms with Crippen molar-refractivity contribution < 1.29 is 19.1 Å².